The van der Waals surface area contributed by atoms with Crippen molar-refractivity contribution < 1.29 is 8.42 Å². The Kier molecular flexibility index (Phi) is 3.25. The van der Waals surface area contributed by atoms with Crippen molar-refractivity contribution >= 4 is 10.0 Å². The van der Waals surface area contributed by atoms with E-state index in [9.17, 15) is 8.42 Å². The molecule has 0 saturated carbocycles. The van der Waals surface area contributed by atoms with Crippen molar-refractivity contribution in [3.63, 3.8) is 0 Å². The molecule has 1 aromatic rings. The first-order valence-corrected chi connectivity index (χ1v) is 7.50. The number of nitrogens with zero attached hydrogens (tertiary/aromatic N) is 1. The van der Waals surface area contributed by atoms with Gasteiger partial charge < -0.3 is 5.73 Å². The number of rotatable bonds is 2. The van der Waals surface area contributed by atoms with Gasteiger partial charge in [-0.2, -0.15) is 4.31 Å². The molecule has 1 atom stereocenters. The van der Waals surface area contributed by atoms with Gasteiger partial charge in [0.15, 0.2) is 0 Å². The average Bonchev–Trinajstić information content (AvgIpc) is 2.50. The van der Waals surface area contributed by atoms with Gasteiger partial charge in [-0.25, -0.2) is 8.42 Å². The number of sulfonamides is 1. The van der Waals surface area contributed by atoms with Crippen LogP contribution in [-0.4, -0.2) is 25.3 Å². The Morgan fingerprint density at radius 1 is 1.33 bits per heavy atom. The molecular formula is C13H20N2O2S. The molecule has 0 radical (unpaired) electrons. The molecule has 2 N–H and O–H groups in total. The number of hydrogen-bond acceptors (Lipinski definition) is 3. The molecule has 0 spiro atoms. The maximum Gasteiger partial charge on any atom is 0.243 e. The monoisotopic (exact) mass is 268 g/mol. The van der Waals surface area contributed by atoms with Crippen molar-refractivity contribution in [3.05, 3.63) is 29.8 Å². The normalized spacial score (nSPS) is 20.7. The molecule has 4 nitrogen and oxygen atoms in total. The summed E-state index contributed by atoms with van der Waals surface area (Å²) in [5.41, 5.74) is 6.83. The van der Waals surface area contributed by atoms with Gasteiger partial charge in [0.1, 0.15) is 0 Å². The van der Waals surface area contributed by atoms with Gasteiger partial charge in [-0.15, -0.1) is 0 Å². The lowest BCUT2D eigenvalue weighted by atomic mass is 9.87. The highest BCUT2D eigenvalue weighted by atomic mass is 32.2. The van der Waals surface area contributed by atoms with Gasteiger partial charge in [0.05, 0.1) is 4.90 Å². The Labute approximate surface area is 109 Å². The van der Waals surface area contributed by atoms with Crippen LogP contribution in [-0.2, 0) is 16.6 Å². The lowest BCUT2D eigenvalue weighted by Gasteiger charge is -2.30. The van der Waals surface area contributed by atoms with Crippen LogP contribution >= 0.6 is 0 Å². The van der Waals surface area contributed by atoms with Crippen LogP contribution in [0.3, 0.4) is 0 Å². The number of benzene rings is 1. The van der Waals surface area contributed by atoms with Crippen LogP contribution in [0.4, 0.5) is 0 Å². The smallest absolute Gasteiger partial charge is 0.243 e. The van der Waals surface area contributed by atoms with Gasteiger partial charge >= 0.3 is 0 Å². The minimum atomic E-state index is -3.35. The summed E-state index contributed by atoms with van der Waals surface area (Å²) in [7, 11) is -3.35. The third kappa shape index (κ3) is 2.30. The first-order valence-electron chi connectivity index (χ1n) is 6.06. The van der Waals surface area contributed by atoms with Crippen molar-refractivity contribution in [3.8, 4) is 0 Å². The zero-order valence-corrected chi connectivity index (χ0v) is 11.9. The summed E-state index contributed by atoms with van der Waals surface area (Å²) >= 11 is 0. The molecule has 0 aliphatic carbocycles. The van der Waals surface area contributed by atoms with Crippen LogP contribution in [0.2, 0.25) is 0 Å². The topological polar surface area (TPSA) is 63.4 Å². The van der Waals surface area contributed by atoms with E-state index in [2.05, 4.69) is 0 Å². The molecule has 5 heteroatoms. The molecule has 0 saturated heterocycles. The minimum Gasteiger partial charge on any atom is -0.326 e. The van der Waals surface area contributed by atoms with Crippen LogP contribution in [0.5, 0.6) is 0 Å². The maximum atomic E-state index is 12.3. The molecule has 0 bridgehead atoms. The van der Waals surface area contributed by atoms with E-state index < -0.39 is 10.0 Å². The van der Waals surface area contributed by atoms with E-state index in [1.165, 1.54) is 4.31 Å². The van der Waals surface area contributed by atoms with Crippen molar-refractivity contribution in [2.24, 2.45) is 11.1 Å². The molecule has 1 aromatic carbocycles. The first-order chi connectivity index (χ1) is 8.23. The summed E-state index contributed by atoms with van der Waals surface area (Å²) in [6.45, 7) is 6.86. The summed E-state index contributed by atoms with van der Waals surface area (Å²) in [5.74, 6) is 0. The third-order valence-corrected chi connectivity index (χ3v) is 5.36. The van der Waals surface area contributed by atoms with Gasteiger partial charge in [0.2, 0.25) is 10.0 Å². The molecule has 1 heterocycles. The number of fused-ring (bicyclic) bond motifs is 1. The fourth-order valence-electron chi connectivity index (χ4n) is 1.96. The van der Waals surface area contributed by atoms with Gasteiger partial charge in [-0.1, -0.05) is 39.0 Å². The summed E-state index contributed by atoms with van der Waals surface area (Å²) in [6.07, 6.45) is 0. The number of nitrogens with two attached hydrogens (primary N) is 1. The van der Waals surface area contributed by atoms with Gasteiger partial charge in [0.25, 0.3) is 0 Å². The SMILES string of the molecule is CC(C)(C)[C@H](N)CN1Cc2ccccc2S1(=O)=O. The summed E-state index contributed by atoms with van der Waals surface area (Å²) in [4.78, 5) is 0.422. The van der Waals surface area contributed by atoms with E-state index >= 15 is 0 Å². The molecule has 2 rings (SSSR count). The van der Waals surface area contributed by atoms with E-state index in [4.69, 9.17) is 5.73 Å². The van der Waals surface area contributed by atoms with Gasteiger partial charge in [-0.3, -0.25) is 0 Å². The van der Waals surface area contributed by atoms with Crippen LogP contribution in [0.25, 0.3) is 0 Å². The zero-order chi connectivity index (χ0) is 13.6. The Bertz CT molecular complexity index is 546. The lowest BCUT2D eigenvalue weighted by molar-refractivity contribution is 0.265. The first kappa shape index (κ1) is 13.5. The molecule has 0 amide bonds. The second kappa shape index (κ2) is 4.33. The molecule has 100 valence electrons. The Balaban J connectivity index is 2.25. The van der Waals surface area contributed by atoms with Crippen LogP contribution in [0.15, 0.2) is 29.2 Å². The molecule has 18 heavy (non-hydrogen) atoms. The molecular weight excluding hydrogens is 248 g/mol. The maximum absolute atomic E-state index is 12.3. The van der Waals surface area contributed by atoms with E-state index in [0.717, 1.165) is 5.56 Å². The van der Waals surface area contributed by atoms with Crippen LogP contribution in [0.1, 0.15) is 26.3 Å². The van der Waals surface area contributed by atoms with Crippen molar-refractivity contribution in [2.75, 3.05) is 6.54 Å². The van der Waals surface area contributed by atoms with E-state index in [1.807, 2.05) is 32.9 Å². The predicted molar refractivity (Wildman–Crippen MR) is 71.5 cm³/mol. The predicted octanol–water partition coefficient (Wildman–Crippen LogP) is 1.56. The molecule has 0 unspecified atom stereocenters. The van der Waals surface area contributed by atoms with Gasteiger partial charge in [-0.05, 0) is 17.0 Å². The second-order valence-corrected chi connectivity index (χ2v) is 7.78. The highest BCUT2D eigenvalue weighted by Crippen LogP contribution is 2.31. The largest absolute Gasteiger partial charge is 0.326 e. The lowest BCUT2D eigenvalue weighted by Crippen LogP contribution is -2.45. The molecule has 1 aliphatic rings. The standard InChI is InChI=1S/C13H20N2O2S/c1-13(2,3)12(14)9-15-8-10-6-4-5-7-11(10)18(15,16)17/h4-7,12H,8-9,14H2,1-3H3/t12-/m1/s1. The summed E-state index contributed by atoms with van der Waals surface area (Å²) in [6, 6.07) is 6.95. The highest BCUT2D eigenvalue weighted by Gasteiger charge is 2.36. The summed E-state index contributed by atoms with van der Waals surface area (Å²) in [5, 5.41) is 0. The average molecular weight is 268 g/mol. The molecule has 0 aromatic heterocycles. The number of hydrogen-bond donors (Lipinski definition) is 1. The van der Waals surface area contributed by atoms with Crippen LogP contribution < -0.4 is 5.73 Å². The second-order valence-electron chi connectivity index (χ2n) is 5.88. The van der Waals surface area contributed by atoms with E-state index in [-0.39, 0.29) is 11.5 Å². The minimum absolute atomic E-state index is 0.107. The van der Waals surface area contributed by atoms with Crippen molar-refractivity contribution in [1.82, 2.24) is 4.31 Å². The molecule has 0 fully saturated rings. The highest BCUT2D eigenvalue weighted by molar-refractivity contribution is 7.89. The van der Waals surface area contributed by atoms with Gasteiger partial charge in [0, 0.05) is 19.1 Å². The van der Waals surface area contributed by atoms with E-state index in [0.29, 0.717) is 18.0 Å². The fraction of sp³-hybridized carbons (Fsp3) is 0.538. The van der Waals surface area contributed by atoms with E-state index in [1.54, 1.807) is 12.1 Å². The Morgan fingerprint density at radius 3 is 2.50 bits per heavy atom. The third-order valence-electron chi connectivity index (χ3n) is 3.45. The quantitative estimate of drug-likeness (QED) is 0.885. The Morgan fingerprint density at radius 2 is 1.94 bits per heavy atom. The zero-order valence-electron chi connectivity index (χ0n) is 11.1. The summed E-state index contributed by atoms with van der Waals surface area (Å²) < 4.78 is 26.1. The van der Waals surface area contributed by atoms with Crippen LogP contribution in [0, 0.1) is 5.41 Å². The molecule has 1 aliphatic heterocycles. The van der Waals surface area contributed by atoms with Crippen molar-refractivity contribution in [1.29, 1.82) is 0 Å². The Hall–Kier alpha value is -0.910. The fourth-order valence-corrected chi connectivity index (χ4v) is 3.61. The van der Waals surface area contributed by atoms with Crippen molar-refractivity contribution in [2.45, 2.75) is 38.3 Å².